The van der Waals surface area contributed by atoms with Crippen LogP contribution < -0.4 is 4.74 Å². The summed E-state index contributed by atoms with van der Waals surface area (Å²) in [5, 5.41) is 2.29. The summed E-state index contributed by atoms with van der Waals surface area (Å²) in [5.74, 6) is 0. The molecular formula is C10H9IOS2. The van der Waals surface area contributed by atoms with Crippen molar-refractivity contribution >= 4 is 55.8 Å². The molecule has 0 amide bonds. The van der Waals surface area contributed by atoms with Crippen molar-refractivity contribution in [1.82, 2.24) is 0 Å². The number of hydrogen-bond donors (Lipinski definition) is 0. The van der Waals surface area contributed by atoms with E-state index in [0.717, 1.165) is 5.06 Å². The van der Waals surface area contributed by atoms with Crippen LogP contribution >= 0.6 is 45.7 Å². The van der Waals surface area contributed by atoms with Crippen LogP contribution in [0.4, 0.5) is 0 Å². The second-order valence-corrected chi connectivity index (χ2v) is 5.79. The van der Waals surface area contributed by atoms with Crippen LogP contribution in [0.3, 0.4) is 0 Å². The molecule has 0 atom stereocenters. The van der Waals surface area contributed by atoms with Gasteiger partial charge >= 0.3 is 0 Å². The largest absolute Gasteiger partial charge is 0.487 e. The molecule has 0 aliphatic rings. The molecule has 0 N–H and O–H groups in total. The summed E-state index contributed by atoms with van der Waals surface area (Å²) < 4.78 is 7.85. The first-order valence-corrected chi connectivity index (χ1v) is 7.18. The molecule has 0 spiro atoms. The number of thiophene rings is 1. The van der Waals surface area contributed by atoms with E-state index in [9.17, 15) is 0 Å². The molecule has 1 aromatic carbocycles. The highest BCUT2D eigenvalue weighted by atomic mass is 127. The van der Waals surface area contributed by atoms with Gasteiger partial charge in [-0.15, -0.1) is 11.8 Å². The van der Waals surface area contributed by atoms with E-state index in [1.165, 1.54) is 18.6 Å². The Balaban J connectivity index is 2.73. The van der Waals surface area contributed by atoms with Crippen LogP contribution in [0.2, 0.25) is 0 Å². The number of hydrogen-bond acceptors (Lipinski definition) is 3. The lowest BCUT2D eigenvalue weighted by Gasteiger charge is -2.01. The average molecular weight is 336 g/mol. The third-order valence-electron chi connectivity index (χ3n) is 1.99. The van der Waals surface area contributed by atoms with Crippen molar-refractivity contribution in [3.05, 3.63) is 21.8 Å². The molecule has 1 nitrogen and oxygen atoms in total. The molecule has 0 radical (unpaired) electrons. The fourth-order valence-electron chi connectivity index (χ4n) is 1.34. The van der Waals surface area contributed by atoms with Gasteiger partial charge in [-0.05, 0) is 41.0 Å². The highest BCUT2D eigenvalue weighted by Crippen LogP contribution is 2.38. The van der Waals surface area contributed by atoms with Gasteiger partial charge < -0.3 is 4.74 Å². The van der Waals surface area contributed by atoms with Crippen LogP contribution in [0.5, 0.6) is 5.06 Å². The number of halogens is 1. The summed E-state index contributed by atoms with van der Waals surface area (Å²) in [4.78, 5) is 1.35. The van der Waals surface area contributed by atoms with Crippen LogP contribution in [-0.4, -0.2) is 13.4 Å². The molecule has 0 unspecified atom stereocenters. The van der Waals surface area contributed by atoms with E-state index >= 15 is 0 Å². The van der Waals surface area contributed by atoms with Crippen molar-refractivity contribution in [2.24, 2.45) is 0 Å². The second-order valence-electron chi connectivity index (χ2n) is 2.76. The van der Waals surface area contributed by atoms with Crippen LogP contribution in [0.25, 0.3) is 10.1 Å². The molecule has 2 rings (SSSR count). The van der Waals surface area contributed by atoms with Gasteiger partial charge in [0.1, 0.15) is 0 Å². The van der Waals surface area contributed by atoms with Crippen molar-refractivity contribution in [3.8, 4) is 5.06 Å². The van der Waals surface area contributed by atoms with E-state index in [0.29, 0.717) is 0 Å². The first-order valence-electron chi connectivity index (χ1n) is 4.06. The molecule has 74 valence electrons. The van der Waals surface area contributed by atoms with Gasteiger partial charge in [0.15, 0.2) is 5.06 Å². The van der Waals surface area contributed by atoms with Gasteiger partial charge in [0.05, 0.1) is 7.11 Å². The number of thioether (sulfide) groups is 1. The molecule has 4 heteroatoms. The van der Waals surface area contributed by atoms with Crippen LogP contribution in [0.1, 0.15) is 0 Å². The van der Waals surface area contributed by atoms with Gasteiger partial charge in [0, 0.05) is 24.6 Å². The molecule has 0 aliphatic heterocycles. The third-order valence-corrected chi connectivity index (χ3v) is 5.16. The molecule has 2 aromatic rings. The van der Waals surface area contributed by atoms with Gasteiger partial charge in [-0.2, -0.15) is 0 Å². The van der Waals surface area contributed by atoms with Gasteiger partial charge in [0.25, 0.3) is 0 Å². The lowest BCUT2D eigenvalue weighted by molar-refractivity contribution is 0.427. The quantitative estimate of drug-likeness (QED) is 0.599. The molecule has 14 heavy (non-hydrogen) atoms. The number of fused-ring (bicyclic) bond motifs is 1. The van der Waals surface area contributed by atoms with Crippen molar-refractivity contribution in [1.29, 1.82) is 0 Å². The maximum atomic E-state index is 5.25. The average Bonchev–Trinajstić information content (AvgIpc) is 2.60. The number of methoxy groups -OCH3 is 1. The summed E-state index contributed by atoms with van der Waals surface area (Å²) in [6.45, 7) is 0. The highest BCUT2D eigenvalue weighted by Gasteiger charge is 2.08. The highest BCUT2D eigenvalue weighted by molar-refractivity contribution is 14.1. The Morgan fingerprint density at radius 3 is 2.86 bits per heavy atom. The number of ether oxygens (including phenoxy) is 1. The van der Waals surface area contributed by atoms with Crippen molar-refractivity contribution < 1.29 is 4.74 Å². The molecule has 1 heterocycles. The lowest BCUT2D eigenvalue weighted by atomic mass is 10.3. The zero-order valence-corrected chi connectivity index (χ0v) is 11.6. The molecule has 0 saturated heterocycles. The Labute approximate surface area is 105 Å². The summed E-state index contributed by atoms with van der Waals surface area (Å²) >= 11 is 5.86. The summed E-state index contributed by atoms with van der Waals surface area (Å²) in [5.41, 5.74) is 0. The molecule has 1 aromatic heterocycles. The predicted molar refractivity (Wildman–Crippen MR) is 72.9 cm³/mol. The van der Waals surface area contributed by atoms with E-state index in [1.807, 2.05) is 0 Å². The Hall–Kier alpha value is 0.0600. The summed E-state index contributed by atoms with van der Waals surface area (Å²) in [6, 6.07) is 6.43. The van der Waals surface area contributed by atoms with Gasteiger partial charge in [-0.1, -0.05) is 11.3 Å². The summed E-state index contributed by atoms with van der Waals surface area (Å²) in [7, 11) is 1.72. The SMILES string of the molecule is COc1cc2c(SC)c(I)ccc2s1. The minimum Gasteiger partial charge on any atom is -0.487 e. The fraction of sp³-hybridized carbons (Fsp3) is 0.200. The second kappa shape index (κ2) is 4.28. The Bertz CT molecular complexity index is 464. The van der Waals surface area contributed by atoms with E-state index in [1.54, 1.807) is 30.2 Å². The van der Waals surface area contributed by atoms with Crippen molar-refractivity contribution in [2.45, 2.75) is 4.90 Å². The molecule has 0 aliphatic carbocycles. The smallest absolute Gasteiger partial charge is 0.174 e. The predicted octanol–water partition coefficient (Wildman–Crippen LogP) is 4.24. The number of rotatable bonds is 2. The Morgan fingerprint density at radius 1 is 1.43 bits per heavy atom. The normalized spacial score (nSPS) is 10.8. The molecular weight excluding hydrogens is 327 g/mol. The Kier molecular flexibility index (Phi) is 3.23. The van der Waals surface area contributed by atoms with Crippen LogP contribution in [-0.2, 0) is 0 Å². The fourth-order valence-corrected chi connectivity index (χ4v) is 4.08. The molecule has 0 fully saturated rings. The maximum Gasteiger partial charge on any atom is 0.174 e. The van der Waals surface area contributed by atoms with Crippen LogP contribution in [0.15, 0.2) is 23.1 Å². The zero-order valence-electron chi connectivity index (χ0n) is 7.83. The first-order chi connectivity index (χ1) is 6.76. The lowest BCUT2D eigenvalue weighted by Crippen LogP contribution is -1.77. The number of benzene rings is 1. The van der Waals surface area contributed by atoms with Gasteiger partial charge in [-0.25, -0.2) is 0 Å². The van der Waals surface area contributed by atoms with Crippen molar-refractivity contribution in [2.75, 3.05) is 13.4 Å². The topological polar surface area (TPSA) is 9.23 Å². The third kappa shape index (κ3) is 1.75. The minimum absolute atomic E-state index is 0.984. The van der Waals surface area contributed by atoms with E-state index in [4.69, 9.17) is 4.74 Å². The maximum absolute atomic E-state index is 5.25. The standard InChI is InChI=1S/C10H9IOS2/c1-12-9-5-6-8(14-9)4-3-7(11)10(6)13-2/h3-5H,1-2H3. The monoisotopic (exact) mass is 336 g/mol. The Morgan fingerprint density at radius 2 is 2.21 bits per heavy atom. The molecule has 0 saturated carbocycles. The van der Waals surface area contributed by atoms with Gasteiger partial charge in [0.2, 0.25) is 0 Å². The van der Waals surface area contributed by atoms with Crippen LogP contribution in [0, 0.1) is 3.57 Å². The van der Waals surface area contributed by atoms with E-state index in [2.05, 4.69) is 47.0 Å². The van der Waals surface area contributed by atoms with Gasteiger partial charge in [-0.3, -0.25) is 0 Å². The first kappa shape index (κ1) is 10.6. The summed E-state index contributed by atoms with van der Waals surface area (Å²) in [6.07, 6.45) is 2.11. The zero-order chi connectivity index (χ0) is 10.1. The minimum atomic E-state index is 0.984. The molecule has 0 bridgehead atoms. The van der Waals surface area contributed by atoms with Crippen molar-refractivity contribution in [3.63, 3.8) is 0 Å². The van der Waals surface area contributed by atoms with E-state index < -0.39 is 0 Å². The van der Waals surface area contributed by atoms with E-state index in [-0.39, 0.29) is 0 Å².